The molecule has 5 nitrogen and oxygen atoms in total. The topological polar surface area (TPSA) is 69.6 Å². The zero-order valence-corrected chi connectivity index (χ0v) is 13.5. The Labute approximate surface area is 125 Å². The molecule has 1 rings (SSSR count). The predicted molar refractivity (Wildman–Crippen MR) is 82.2 cm³/mol. The van der Waals surface area contributed by atoms with Crippen LogP contribution in [0.5, 0.6) is 0 Å². The van der Waals surface area contributed by atoms with Crippen LogP contribution in [0.15, 0.2) is 0 Å². The summed E-state index contributed by atoms with van der Waals surface area (Å²) in [4.78, 5) is 25.1. The van der Waals surface area contributed by atoms with Crippen molar-refractivity contribution in [3.8, 4) is 0 Å². The zero-order valence-electron chi connectivity index (χ0n) is 12.6. The van der Waals surface area contributed by atoms with E-state index >= 15 is 0 Å². The summed E-state index contributed by atoms with van der Waals surface area (Å²) in [6, 6.07) is -1.02. The number of amides is 2. The summed E-state index contributed by atoms with van der Waals surface area (Å²) in [6.45, 7) is 7.74. The van der Waals surface area contributed by atoms with E-state index in [0.717, 1.165) is 25.0 Å². The molecule has 1 fully saturated rings. The van der Waals surface area contributed by atoms with Gasteiger partial charge < -0.3 is 15.3 Å². The molecule has 0 aromatic heterocycles. The van der Waals surface area contributed by atoms with Crippen LogP contribution in [0.1, 0.15) is 46.5 Å². The maximum absolute atomic E-state index is 12.2. The van der Waals surface area contributed by atoms with Crippen molar-refractivity contribution in [3.63, 3.8) is 0 Å². The van der Waals surface area contributed by atoms with Gasteiger partial charge in [0.05, 0.1) is 0 Å². The van der Waals surface area contributed by atoms with Gasteiger partial charge in [-0.3, -0.25) is 0 Å². The number of thioether (sulfide) groups is 1. The van der Waals surface area contributed by atoms with E-state index in [1.807, 2.05) is 18.7 Å². The van der Waals surface area contributed by atoms with Crippen molar-refractivity contribution in [2.45, 2.75) is 57.2 Å². The normalized spacial score (nSPS) is 20.1. The summed E-state index contributed by atoms with van der Waals surface area (Å²) >= 11 is 1.86. The number of carbonyl (C=O) groups excluding carboxylic acids is 1. The van der Waals surface area contributed by atoms with Crippen molar-refractivity contribution >= 4 is 23.8 Å². The fraction of sp³-hybridized carbons (Fsp3) is 0.857. The minimum atomic E-state index is -0.948. The summed E-state index contributed by atoms with van der Waals surface area (Å²) in [5.74, 6) is -0.0519. The summed E-state index contributed by atoms with van der Waals surface area (Å²) in [5, 5.41) is 11.8. The Hall–Kier alpha value is -0.910. The number of hydrogen-bond donors (Lipinski definition) is 2. The van der Waals surface area contributed by atoms with Crippen molar-refractivity contribution in [1.82, 2.24) is 10.2 Å². The Morgan fingerprint density at radius 2 is 2.10 bits per heavy atom. The third-order valence-corrected chi connectivity index (χ3v) is 4.94. The molecule has 1 saturated heterocycles. The molecule has 1 aliphatic heterocycles. The summed E-state index contributed by atoms with van der Waals surface area (Å²) in [5.41, 5.74) is 0. The Morgan fingerprint density at radius 3 is 2.70 bits per heavy atom. The van der Waals surface area contributed by atoms with Crippen LogP contribution in [-0.2, 0) is 4.79 Å². The van der Waals surface area contributed by atoms with E-state index in [1.165, 1.54) is 0 Å². The number of hydrogen-bond acceptors (Lipinski definition) is 3. The van der Waals surface area contributed by atoms with Crippen molar-refractivity contribution in [2.24, 2.45) is 0 Å². The van der Waals surface area contributed by atoms with Gasteiger partial charge in [0.25, 0.3) is 0 Å². The van der Waals surface area contributed by atoms with Gasteiger partial charge in [0, 0.05) is 23.6 Å². The quantitative estimate of drug-likeness (QED) is 0.819. The molecule has 0 bridgehead atoms. The van der Waals surface area contributed by atoms with Gasteiger partial charge in [0.1, 0.15) is 6.04 Å². The number of aliphatic carboxylic acids is 1. The second-order valence-electron chi connectivity index (χ2n) is 5.83. The SMILES string of the molecule is CCCC[C@H](NC(=O)N1CCSC(C)(C)CC1)C(=O)O. The molecule has 0 radical (unpaired) electrons. The lowest BCUT2D eigenvalue weighted by molar-refractivity contribution is -0.139. The Morgan fingerprint density at radius 1 is 1.40 bits per heavy atom. The van der Waals surface area contributed by atoms with Crippen molar-refractivity contribution < 1.29 is 14.7 Å². The van der Waals surface area contributed by atoms with Crippen molar-refractivity contribution in [3.05, 3.63) is 0 Å². The Kier molecular flexibility index (Phi) is 6.65. The first-order chi connectivity index (χ1) is 9.35. The average Bonchev–Trinajstić information content (AvgIpc) is 2.55. The number of nitrogens with zero attached hydrogens (tertiary/aromatic N) is 1. The number of unbranched alkanes of at least 4 members (excludes halogenated alkanes) is 1. The molecule has 0 aromatic carbocycles. The summed E-state index contributed by atoms with van der Waals surface area (Å²) < 4.78 is 0.184. The lowest BCUT2D eigenvalue weighted by Crippen LogP contribution is -2.48. The monoisotopic (exact) mass is 302 g/mol. The lowest BCUT2D eigenvalue weighted by Gasteiger charge is -2.24. The molecule has 2 amide bonds. The zero-order chi connectivity index (χ0) is 15.2. The minimum Gasteiger partial charge on any atom is -0.480 e. The fourth-order valence-electron chi connectivity index (χ4n) is 2.13. The highest BCUT2D eigenvalue weighted by Crippen LogP contribution is 2.30. The van der Waals surface area contributed by atoms with Gasteiger partial charge in [0.15, 0.2) is 0 Å². The Balaban J connectivity index is 2.53. The van der Waals surface area contributed by atoms with Crippen LogP contribution in [0, 0.1) is 0 Å². The molecule has 20 heavy (non-hydrogen) atoms. The highest BCUT2D eigenvalue weighted by Gasteiger charge is 2.28. The first-order valence-corrected chi connectivity index (χ1v) is 8.26. The highest BCUT2D eigenvalue weighted by atomic mass is 32.2. The second-order valence-corrected chi connectivity index (χ2v) is 7.63. The number of nitrogens with one attached hydrogen (secondary N) is 1. The van der Waals surface area contributed by atoms with E-state index in [0.29, 0.717) is 19.5 Å². The average molecular weight is 302 g/mol. The number of carbonyl (C=O) groups is 2. The lowest BCUT2D eigenvalue weighted by atomic mass is 10.1. The minimum absolute atomic E-state index is 0.184. The molecule has 1 heterocycles. The molecule has 0 spiro atoms. The van der Waals surface area contributed by atoms with E-state index < -0.39 is 12.0 Å². The van der Waals surface area contributed by atoms with Gasteiger partial charge in [-0.2, -0.15) is 11.8 Å². The van der Waals surface area contributed by atoms with Gasteiger partial charge in [-0.15, -0.1) is 0 Å². The van der Waals surface area contributed by atoms with Gasteiger partial charge >= 0.3 is 12.0 Å². The van der Waals surface area contributed by atoms with E-state index in [9.17, 15) is 9.59 Å². The molecule has 2 N–H and O–H groups in total. The first-order valence-electron chi connectivity index (χ1n) is 7.28. The van der Waals surface area contributed by atoms with Crippen molar-refractivity contribution in [2.75, 3.05) is 18.8 Å². The molecular weight excluding hydrogens is 276 g/mol. The van der Waals surface area contributed by atoms with Crippen LogP contribution in [0.2, 0.25) is 0 Å². The molecule has 116 valence electrons. The molecule has 1 aliphatic rings. The van der Waals surface area contributed by atoms with Crippen LogP contribution in [-0.4, -0.2) is 51.6 Å². The Bertz CT molecular complexity index is 347. The first kappa shape index (κ1) is 17.1. The third kappa shape index (κ3) is 5.61. The number of carboxylic acid groups (broad SMARTS) is 1. The summed E-state index contributed by atoms with van der Waals surface area (Å²) in [7, 11) is 0. The second kappa shape index (κ2) is 7.76. The van der Waals surface area contributed by atoms with Crippen LogP contribution in [0.3, 0.4) is 0 Å². The number of carboxylic acids is 1. The maximum atomic E-state index is 12.2. The largest absolute Gasteiger partial charge is 0.480 e. The number of urea groups is 1. The summed E-state index contributed by atoms with van der Waals surface area (Å²) in [6.07, 6.45) is 3.15. The molecule has 0 unspecified atom stereocenters. The van der Waals surface area contributed by atoms with E-state index in [-0.39, 0.29) is 10.8 Å². The fourth-order valence-corrected chi connectivity index (χ4v) is 3.23. The van der Waals surface area contributed by atoms with Gasteiger partial charge in [0.2, 0.25) is 0 Å². The smallest absolute Gasteiger partial charge is 0.326 e. The molecular formula is C14H26N2O3S. The van der Waals surface area contributed by atoms with E-state index in [4.69, 9.17) is 5.11 Å². The van der Waals surface area contributed by atoms with Crippen LogP contribution >= 0.6 is 11.8 Å². The van der Waals surface area contributed by atoms with E-state index in [2.05, 4.69) is 19.2 Å². The van der Waals surface area contributed by atoms with Gasteiger partial charge in [-0.25, -0.2) is 9.59 Å². The van der Waals surface area contributed by atoms with Crippen molar-refractivity contribution in [1.29, 1.82) is 0 Å². The van der Waals surface area contributed by atoms with E-state index in [1.54, 1.807) is 4.90 Å². The molecule has 0 aromatic rings. The predicted octanol–water partition coefficient (Wildman–Crippen LogP) is 2.56. The van der Waals surface area contributed by atoms with Crippen LogP contribution in [0.25, 0.3) is 0 Å². The molecule has 6 heteroatoms. The standard InChI is InChI=1S/C14H26N2O3S/c1-4-5-6-11(12(17)18)15-13(19)16-8-7-14(2,3)20-10-9-16/h11H,4-10H2,1-3H3,(H,15,19)(H,17,18)/t11-/m0/s1. The van der Waals surface area contributed by atoms with Gasteiger partial charge in [-0.05, 0) is 12.8 Å². The highest BCUT2D eigenvalue weighted by molar-refractivity contribution is 8.00. The van der Waals surface area contributed by atoms with Gasteiger partial charge in [-0.1, -0.05) is 33.6 Å². The third-order valence-electron chi connectivity index (χ3n) is 3.57. The molecule has 0 saturated carbocycles. The number of rotatable bonds is 5. The maximum Gasteiger partial charge on any atom is 0.326 e. The van der Waals surface area contributed by atoms with Crippen LogP contribution < -0.4 is 5.32 Å². The van der Waals surface area contributed by atoms with Crippen LogP contribution in [0.4, 0.5) is 4.79 Å². The molecule has 1 atom stereocenters. The molecule has 0 aliphatic carbocycles.